The molecule has 6 nitrogen and oxygen atoms in total. The number of nitrogens with zero attached hydrogens (tertiary/aromatic N) is 1. The highest BCUT2D eigenvalue weighted by molar-refractivity contribution is 7.90. The Labute approximate surface area is 195 Å². The molecule has 2 N–H and O–H groups in total. The zero-order valence-corrected chi connectivity index (χ0v) is 19.6. The molecule has 1 amide bonds. The molecule has 2 atom stereocenters. The summed E-state index contributed by atoms with van der Waals surface area (Å²) in [6.45, 7) is 1.87. The summed E-state index contributed by atoms with van der Waals surface area (Å²) in [5.74, 6) is -0.913. The predicted molar refractivity (Wildman–Crippen MR) is 119 cm³/mol. The van der Waals surface area contributed by atoms with Crippen molar-refractivity contribution in [1.82, 2.24) is 10.6 Å². The van der Waals surface area contributed by atoms with Gasteiger partial charge in [0.1, 0.15) is 18.3 Å². The van der Waals surface area contributed by atoms with E-state index in [0.717, 1.165) is 20.1 Å². The van der Waals surface area contributed by atoms with E-state index in [9.17, 15) is 30.8 Å². The third-order valence-electron chi connectivity index (χ3n) is 4.90. The Balaban J connectivity index is 2.33. The quantitative estimate of drug-likeness (QED) is 0.400. The summed E-state index contributed by atoms with van der Waals surface area (Å²) in [7, 11) is -3.38. The number of hydrogen-bond acceptors (Lipinski definition) is 5. The molecule has 0 fully saturated rings. The van der Waals surface area contributed by atoms with Crippen LogP contribution in [0.1, 0.15) is 31.9 Å². The Bertz CT molecular complexity index is 1130. The number of nitriles is 1. The molecule has 0 aliphatic rings. The van der Waals surface area contributed by atoms with Gasteiger partial charge in [0.05, 0.1) is 17.0 Å². The van der Waals surface area contributed by atoms with Crippen LogP contribution in [0, 0.1) is 11.3 Å². The molecule has 0 aliphatic heterocycles. The van der Waals surface area contributed by atoms with Crippen LogP contribution in [0.3, 0.4) is 0 Å². The maximum atomic E-state index is 14.2. The number of rotatable bonds is 9. The van der Waals surface area contributed by atoms with Gasteiger partial charge < -0.3 is 5.32 Å². The number of sulfone groups is 1. The van der Waals surface area contributed by atoms with Crippen molar-refractivity contribution in [3.05, 3.63) is 54.1 Å². The van der Waals surface area contributed by atoms with Gasteiger partial charge >= 0.3 is 6.18 Å². The Morgan fingerprint density at radius 3 is 1.91 bits per heavy atom. The second kappa shape index (κ2) is 10.5. The number of alkyl halides is 4. The van der Waals surface area contributed by atoms with Crippen LogP contribution in [-0.2, 0) is 14.6 Å². The smallest absolute Gasteiger partial charge is 0.342 e. The molecule has 0 aliphatic carbocycles. The van der Waals surface area contributed by atoms with Crippen LogP contribution in [-0.4, -0.2) is 45.0 Å². The number of amides is 1. The highest BCUT2D eigenvalue weighted by Crippen LogP contribution is 2.35. The number of hydrogen-bond donors (Lipinski definition) is 2. The molecule has 0 spiro atoms. The predicted octanol–water partition coefficient (Wildman–Crippen LogP) is 4.10. The lowest BCUT2D eigenvalue weighted by molar-refractivity contribution is -0.161. The van der Waals surface area contributed by atoms with Crippen LogP contribution in [0.5, 0.6) is 0 Å². The molecule has 1 unspecified atom stereocenters. The molecule has 2 aromatic rings. The van der Waals surface area contributed by atoms with Gasteiger partial charge in [-0.3, -0.25) is 10.1 Å². The zero-order valence-electron chi connectivity index (χ0n) is 18.8. The molecule has 11 heteroatoms. The lowest BCUT2D eigenvalue weighted by atomic mass is 9.96. The van der Waals surface area contributed by atoms with Crippen molar-refractivity contribution in [2.45, 2.75) is 49.1 Å². The molecule has 0 aromatic heterocycles. The highest BCUT2D eigenvalue weighted by Gasteiger charge is 2.43. The van der Waals surface area contributed by atoms with Crippen molar-refractivity contribution in [2.75, 3.05) is 12.8 Å². The van der Waals surface area contributed by atoms with E-state index in [1.165, 1.54) is 36.4 Å². The third kappa shape index (κ3) is 7.81. The van der Waals surface area contributed by atoms with Gasteiger partial charge in [-0.1, -0.05) is 36.4 Å². The van der Waals surface area contributed by atoms with Gasteiger partial charge in [0, 0.05) is 12.7 Å². The van der Waals surface area contributed by atoms with Crippen LogP contribution in [0.15, 0.2) is 53.4 Å². The fourth-order valence-corrected chi connectivity index (χ4v) is 3.94. The van der Waals surface area contributed by atoms with E-state index in [2.05, 4.69) is 10.6 Å². The van der Waals surface area contributed by atoms with E-state index in [4.69, 9.17) is 5.26 Å². The van der Waals surface area contributed by atoms with Gasteiger partial charge in [0.2, 0.25) is 5.91 Å². The summed E-state index contributed by atoms with van der Waals surface area (Å²) in [6, 6.07) is 9.09. The molecule has 34 heavy (non-hydrogen) atoms. The molecule has 184 valence electrons. The summed E-state index contributed by atoms with van der Waals surface area (Å²) < 4.78 is 79.1. The molecular weight excluding hydrogens is 474 g/mol. The Morgan fingerprint density at radius 2 is 1.50 bits per heavy atom. The largest absolute Gasteiger partial charge is 0.407 e. The maximum Gasteiger partial charge on any atom is 0.407 e. The lowest BCUT2D eigenvalue weighted by Crippen LogP contribution is -2.51. The first-order valence-corrected chi connectivity index (χ1v) is 12.1. The van der Waals surface area contributed by atoms with Crippen molar-refractivity contribution in [3.63, 3.8) is 0 Å². The van der Waals surface area contributed by atoms with E-state index >= 15 is 0 Å². The molecule has 0 saturated carbocycles. The van der Waals surface area contributed by atoms with Crippen molar-refractivity contribution >= 4 is 15.7 Å². The fraction of sp³-hybridized carbons (Fsp3) is 0.391. The first kappa shape index (κ1) is 27.3. The van der Waals surface area contributed by atoms with E-state index in [0.29, 0.717) is 11.1 Å². The number of carbonyl (C=O) groups excluding carboxylic acids is 1. The van der Waals surface area contributed by atoms with E-state index in [-0.39, 0.29) is 10.5 Å². The van der Waals surface area contributed by atoms with Gasteiger partial charge in [0.25, 0.3) is 0 Å². The second-order valence-electron chi connectivity index (χ2n) is 8.41. The van der Waals surface area contributed by atoms with Crippen molar-refractivity contribution in [3.8, 4) is 17.2 Å². The number of nitrogens with one attached hydrogen (secondary N) is 2. The zero-order chi connectivity index (χ0) is 25.7. The van der Waals surface area contributed by atoms with Gasteiger partial charge in [-0.15, -0.1) is 0 Å². The van der Waals surface area contributed by atoms with Gasteiger partial charge in [-0.05, 0) is 42.7 Å². The number of benzene rings is 2. The van der Waals surface area contributed by atoms with Gasteiger partial charge in [0.15, 0.2) is 9.84 Å². The summed E-state index contributed by atoms with van der Waals surface area (Å²) in [5, 5.41) is 13.0. The van der Waals surface area contributed by atoms with Crippen LogP contribution >= 0.6 is 0 Å². The summed E-state index contributed by atoms with van der Waals surface area (Å²) in [5.41, 5.74) is -0.986. The summed E-state index contributed by atoms with van der Waals surface area (Å²) in [6.07, 6.45) is -4.27. The summed E-state index contributed by atoms with van der Waals surface area (Å²) >= 11 is 0. The number of carbonyl (C=O) groups is 1. The molecule has 0 bridgehead atoms. The minimum absolute atomic E-state index is 0.116. The normalized spacial score (nSPS) is 14.2. The Morgan fingerprint density at radius 1 is 1.00 bits per heavy atom. The average molecular weight is 500 g/mol. The van der Waals surface area contributed by atoms with E-state index in [1.807, 2.05) is 0 Å². The molecule has 2 rings (SSSR count). The fourth-order valence-electron chi connectivity index (χ4n) is 3.31. The second-order valence-corrected chi connectivity index (χ2v) is 10.4. The first-order valence-electron chi connectivity index (χ1n) is 10.2. The average Bonchev–Trinajstić information content (AvgIpc) is 2.73. The molecule has 2 aromatic carbocycles. The van der Waals surface area contributed by atoms with Crippen LogP contribution in [0.25, 0.3) is 11.1 Å². The summed E-state index contributed by atoms with van der Waals surface area (Å²) in [4.78, 5) is 12.4. The monoisotopic (exact) mass is 499 g/mol. The molecular formula is C23H25F4N3O3S. The molecule has 0 saturated heterocycles. The minimum atomic E-state index is -4.80. The Kier molecular flexibility index (Phi) is 8.45. The van der Waals surface area contributed by atoms with Crippen LogP contribution in [0.2, 0.25) is 0 Å². The van der Waals surface area contributed by atoms with Crippen molar-refractivity contribution < 1.29 is 30.8 Å². The number of halogens is 4. The molecule has 0 radical (unpaired) electrons. The minimum Gasteiger partial charge on any atom is -0.342 e. The highest BCUT2D eigenvalue weighted by atomic mass is 32.2. The molecule has 0 heterocycles. The third-order valence-corrected chi connectivity index (χ3v) is 6.03. The van der Waals surface area contributed by atoms with Crippen LogP contribution < -0.4 is 10.6 Å². The van der Waals surface area contributed by atoms with Crippen molar-refractivity contribution in [1.29, 1.82) is 5.26 Å². The first-order chi connectivity index (χ1) is 15.6. The Hall–Kier alpha value is -2.97. The SMILES string of the molecule is CC(C)(F)CC(N[C@@H](c1ccc(-c2ccc(S(C)(=O)=O)cc2)cc1)C(F)(F)F)C(=O)NCC#N. The standard InChI is InChI=1S/C23H25F4N3O3S/c1-22(2,24)14-19(21(31)29-13-12-28)30-20(23(25,26)27)17-6-4-15(5-7-17)16-8-10-18(11-9-16)34(3,32)33/h4-11,19-20,30H,13-14H2,1-3H3,(H,29,31)/t19?,20-/m0/s1. The van der Waals surface area contributed by atoms with E-state index in [1.54, 1.807) is 18.2 Å². The van der Waals surface area contributed by atoms with Crippen molar-refractivity contribution in [2.24, 2.45) is 0 Å². The van der Waals surface area contributed by atoms with Gasteiger partial charge in [-0.25, -0.2) is 12.8 Å². The topological polar surface area (TPSA) is 99.1 Å². The maximum absolute atomic E-state index is 14.2. The lowest BCUT2D eigenvalue weighted by Gasteiger charge is -2.29. The van der Waals surface area contributed by atoms with Gasteiger partial charge in [-0.2, -0.15) is 18.4 Å². The van der Waals surface area contributed by atoms with E-state index < -0.39 is 52.6 Å². The van der Waals surface area contributed by atoms with Crippen LogP contribution in [0.4, 0.5) is 17.6 Å².